The monoisotopic (exact) mass is 278 g/mol. The molecule has 100 valence electrons. The van der Waals surface area contributed by atoms with Gasteiger partial charge in [0.2, 0.25) is 5.91 Å². The number of hydrogen-bond acceptors (Lipinski definition) is 4. The van der Waals surface area contributed by atoms with E-state index >= 15 is 0 Å². The van der Waals surface area contributed by atoms with Crippen LogP contribution in [0, 0.1) is 0 Å². The second-order valence-corrected chi connectivity index (χ2v) is 4.91. The zero-order valence-corrected chi connectivity index (χ0v) is 11.5. The van der Waals surface area contributed by atoms with Gasteiger partial charge < -0.3 is 15.0 Å². The summed E-state index contributed by atoms with van der Waals surface area (Å²) in [5.41, 5.74) is 0.601. The molecule has 2 rings (SSSR count). The van der Waals surface area contributed by atoms with E-state index in [4.69, 9.17) is 4.74 Å². The van der Waals surface area contributed by atoms with Crippen molar-refractivity contribution in [1.29, 1.82) is 0 Å². The SMILES string of the molecule is COc1ccccc1NC(=O)C=C1SCC(=O)N1C. The fraction of sp³-hybridized carbons (Fsp3) is 0.231. The summed E-state index contributed by atoms with van der Waals surface area (Å²) in [4.78, 5) is 24.7. The van der Waals surface area contributed by atoms with Crippen molar-refractivity contribution in [3.8, 4) is 5.75 Å². The number of hydrogen-bond donors (Lipinski definition) is 1. The molecule has 19 heavy (non-hydrogen) atoms. The third kappa shape index (κ3) is 3.08. The summed E-state index contributed by atoms with van der Waals surface area (Å²) in [6.07, 6.45) is 1.42. The molecule has 0 aliphatic carbocycles. The summed E-state index contributed by atoms with van der Waals surface area (Å²) in [6.45, 7) is 0. The van der Waals surface area contributed by atoms with E-state index in [-0.39, 0.29) is 11.8 Å². The maximum atomic E-state index is 11.9. The number of amides is 2. The molecule has 6 heteroatoms. The largest absolute Gasteiger partial charge is 0.495 e. The van der Waals surface area contributed by atoms with Gasteiger partial charge in [-0.1, -0.05) is 23.9 Å². The first-order valence-electron chi connectivity index (χ1n) is 5.67. The number of nitrogens with zero attached hydrogens (tertiary/aromatic N) is 1. The molecule has 1 N–H and O–H groups in total. The van der Waals surface area contributed by atoms with Crippen molar-refractivity contribution in [1.82, 2.24) is 4.90 Å². The number of methoxy groups -OCH3 is 1. The number of carbonyl (C=O) groups excluding carboxylic acids is 2. The molecule has 0 saturated carbocycles. The topological polar surface area (TPSA) is 58.6 Å². The van der Waals surface area contributed by atoms with Gasteiger partial charge >= 0.3 is 0 Å². The number of benzene rings is 1. The first kappa shape index (κ1) is 13.5. The van der Waals surface area contributed by atoms with E-state index in [0.29, 0.717) is 22.2 Å². The maximum absolute atomic E-state index is 11.9. The summed E-state index contributed by atoms with van der Waals surface area (Å²) in [5, 5.41) is 3.38. The molecular formula is C13H14N2O3S. The van der Waals surface area contributed by atoms with Gasteiger partial charge in [-0.05, 0) is 12.1 Å². The van der Waals surface area contributed by atoms with Gasteiger partial charge in [-0.3, -0.25) is 9.59 Å². The molecule has 1 aromatic carbocycles. The second-order valence-electron chi connectivity index (χ2n) is 3.91. The molecule has 0 bridgehead atoms. The Balaban J connectivity index is 2.10. The van der Waals surface area contributed by atoms with E-state index in [1.165, 1.54) is 22.7 Å². The van der Waals surface area contributed by atoms with E-state index in [1.54, 1.807) is 26.3 Å². The molecule has 0 atom stereocenters. The number of anilines is 1. The number of para-hydroxylation sites is 2. The Morgan fingerprint density at radius 3 is 2.84 bits per heavy atom. The third-order valence-electron chi connectivity index (χ3n) is 2.67. The Morgan fingerprint density at radius 2 is 2.21 bits per heavy atom. The second kappa shape index (κ2) is 5.79. The number of ether oxygens (including phenoxy) is 1. The minimum Gasteiger partial charge on any atom is -0.495 e. The lowest BCUT2D eigenvalue weighted by Gasteiger charge is -2.10. The van der Waals surface area contributed by atoms with Crippen LogP contribution in [0.15, 0.2) is 35.4 Å². The molecule has 1 aliphatic heterocycles. The first-order chi connectivity index (χ1) is 9.11. The highest BCUT2D eigenvalue weighted by Crippen LogP contribution is 2.27. The zero-order chi connectivity index (χ0) is 13.8. The Morgan fingerprint density at radius 1 is 1.47 bits per heavy atom. The van der Waals surface area contributed by atoms with Crippen molar-refractivity contribution < 1.29 is 14.3 Å². The van der Waals surface area contributed by atoms with Crippen molar-refractivity contribution in [3.05, 3.63) is 35.4 Å². The summed E-state index contributed by atoms with van der Waals surface area (Å²) < 4.78 is 5.15. The van der Waals surface area contributed by atoms with E-state index in [1.807, 2.05) is 12.1 Å². The van der Waals surface area contributed by atoms with Gasteiger partial charge in [-0.25, -0.2) is 0 Å². The van der Waals surface area contributed by atoms with Crippen molar-refractivity contribution in [2.75, 3.05) is 25.2 Å². The van der Waals surface area contributed by atoms with Crippen molar-refractivity contribution in [3.63, 3.8) is 0 Å². The number of rotatable bonds is 3. The molecule has 1 saturated heterocycles. The first-order valence-corrected chi connectivity index (χ1v) is 6.65. The smallest absolute Gasteiger partial charge is 0.251 e. The molecule has 1 heterocycles. The van der Waals surface area contributed by atoms with E-state index in [9.17, 15) is 9.59 Å². The van der Waals surface area contributed by atoms with E-state index < -0.39 is 0 Å². The Hall–Kier alpha value is -1.95. The van der Waals surface area contributed by atoms with Crippen LogP contribution < -0.4 is 10.1 Å². The van der Waals surface area contributed by atoms with Crippen LogP contribution in [-0.4, -0.2) is 36.6 Å². The van der Waals surface area contributed by atoms with Crippen LogP contribution in [0.4, 0.5) is 5.69 Å². The van der Waals surface area contributed by atoms with Crippen LogP contribution in [0.3, 0.4) is 0 Å². The maximum Gasteiger partial charge on any atom is 0.251 e. The van der Waals surface area contributed by atoms with Crippen LogP contribution in [0.25, 0.3) is 0 Å². The van der Waals surface area contributed by atoms with Gasteiger partial charge in [0, 0.05) is 13.1 Å². The highest BCUT2D eigenvalue weighted by atomic mass is 32.2. The molecule has 1 aliphatic rings. The van der Waals surface area contributed by atoms with Gasteiger partial charge in [0.1, 0.15) is 5.75 Å². The van der Waals surface area contributed by atoms with Crippen molar-refractivity contribution in [2.24, 2.45) is 0 Å². The standard InChI is InChI=1S/C13H14N2O3S/c1-15-12(17)8-19-13(15)7-11(16)14-9-5-3-4-6-10(9)18-2/h3-7H,8H2,1-2H3,(H,14,16). The van der Waals surface area contributed by atoms with Gasteiger partial charge in [-0.2, -0.15) is 0 Å². The quantitative estimate of drug-likeness (QED) is 0.855. The van der Waals surface area contributed by atoms with Gasteiger partial charge in [-0.15, -0.1) is 0 Å². The lowest BCUT2D eigenvalue weighted by Crippen LogP contribution is -2.20. The fourth-order valence-corrected chi connectivity index (χ4v) is 2.57. The molecule has 0 spiro atoms. The van der Waals surface area contributed by atoms with Crippen LogP contribution >= 0.6 is 11.8 Å². The molecule has 0 radical (unpaired) electrons. The molecule has 5 nitrogen and oxygen atoms in total. The summed E-state index contributed by atoms with van der Waals surface area (Å²) >= 11 is 1.35. The van der Waals surface area contributed by atoms with Crippen molar-refractivity contribution in [2.45, 2.75) is 0 Å². The molecule has 2 amide bonds. The zero-order valence-electron chi connectivity index (χ0n) is 10.7. The summed E-state index contributed by atoms with van der Waals surface area (Å²) in [6, 6.07) is 7.16. The van der Waals surface area contributed by atoms with E-state index in [2.05, 4.69) is 5.32 Å². The van der Waals surface area contributed by atoms with Gasteiger partial charge in [0.15, 0.2) is 0 Å². The van der Waals surface area contributed by atoms with Gasteiger partial charge in [0.05, 0.1) is 23.6 Å². The predicted molar refractivity (Wildman–Crippen MR) is 74.9 cm³/mol. The number of carbonyl (C=O) groups is 2. The lowest BCUT2D eigenvalue weighted by atomic mass is 10.3. The Kier molecular flexibility index (Phi) is 4.11. The highest BCUT2D eigenvalue weighted by molar-refractivity contribution is 8.04. The minimum atomic E-state index is -0.284. The van der Waals surface area contributed by atoms with Crippen LogP contribution in [0.2, 0.25) is 0 Å². The summed E-state index contributed by atoms with van der Waals surface area (Å²) in [5.74, 6) is 0.692. The normalized spacial score (nSPS) is 16.8. The summed E-state index contributed by atoms with van der Waals surface area (Å²) in [7, 11) is 3.20. The van der Waals surface area contributed by atoms with Crippen molar-refractivity contribution >= 4 is 29.3 Å². The Bertz CT molecular complexity index is 542. The Labute approximate surface area is 115 Å². The van der Waals surface area contributed by atoms with Gasteiger partial charge in [0.25, 0.3) is 5.91 Å². The third-order valence-corrected chi connectivity index (χ3v) is 3.75. The fourth-order valence-electron chi connectivity index (χ4n) is 1.62. The average Bonchev–Trinajstić information content (AvgIpc) is 2.71. The molecule has 1 fully saturated rings. The molecule has 0 aromatic heterocycles. The van der Waals surface area contributed by atoms with E-state index in [0.717, 1.165) is 0 Å². The number of thioether (sulfide) groups is 1. The van der Waals surface area contributed by atoms with Crippen LogP contribution in [0.1, 0.15) is 0 Å². The highest BCUT2D eigenvalue weighted by Gasteiger charge is 2.23. The predicted octanol–water partition coefficient (Wildman–Crippen LogP) is 1.68. The van der Waals surface area contributed by atoms with Crippen LogP contribution in [-0.2, 0) is 9.59 Å². The van der Waals surface area contributed by atoms with Crippen LogP contribution in [0.5, 0.6) is 5.75 Å². The molecular weight excluding hydrogens is 264 g/mol. The molecule has 1 aromatic rings. The minimum absolute atomic E-state index is 0.00124. The lowest BCUT2D eigenvalue weighted by molar-refractivity contribution is -0.124. The number of nitrogens with one attached hydrogen (secondary N) is 1. The average molecular weight is 278 g/mol. The molecule has 0 unspecified atom stereocenters.